The van der Waals surface area contributed by atoms with E-state index in [0.29, 0.717) is 5.69 Å². The summed E-state index contributed by atoms with van der Waals surface area (Å²) in [4.78, 5) is 3.53. The van der Waals surface area contributed by atoms with Crippen LogP contribution in [0.4, 0.5) is 18.9 Å². The molecular formula is C10H9F3N4. The number of nitrogens with zero attached hydrogens (tertiary/aromatic N) is 3. The molecular weight excluding hydrogens is 233 g/mol. The van der Waals surface area contributed by atoms with Crippen molar-refractivity contribution in [3.8, 4) is 0 Å². The lowest BCUT2D eigenvalue weighted by Gasteiger charge is -2.20. The topological polar surface area (TPSA) is 56.7 Å². The molecule has 0 bridgehead atoms. The van der Waals surface area contributed by atoms with Gasteiger partial charge in [0.1, 0.15) is 12.7 Å². The van der Waals surface area contributed by atoms with E-state index in [0.717, 1.165) is 17.3 Å². The van der Waals surface area contributed by atoms with Crippen LogP contribution in [0.2, 0.25) is 0 Å². The van der Waals surface area contributed by atoms with Gasteiger partial charge in [-0.2, -0.15) is 18.3 Å². The summed E-state index contributed by atoms with van der Waals surface area (Å²) in [6.07, 6.45) is -2.34. The van der Waals surface area contributed by atoms with Gasteiger partial charge in [-0.3, -0.25) is 0 Å². The molecule has 1 aromatic heterocycles. The summed E-state index contributed by atoms with van der Waals surface area (Å²) in [6.45, 7) is 0. The van der Waals surface area contributed by atoms with E-state index in [-0.39, 0.29) is 5.56 Å². The van der Waals surface area contributed by atoms with Gasteiger partial charge in [0.15, 0.2) is 6.04 Å². The molecule has 7 heteroatoms. The van der Waals surface area contributed by atoms with Crippen molar-refractivity contribution in [2.75, 3.05) is 5.73 Å². The van der Waals surface area contributed by atoms with Gasteiger partial charge in [-0.05, 0) is 17.7 Å². The van der Waals surface area contributed by atoms with E-state index in [1.54, 1.807) is 0 Å². The molecule has 0 saturated heterocycles. The maximum absolute atomic E-state index is 12.9. The first-order valence-corrected chi connectivity index (χ1v) is 4.75. The molecule has 0 amide bonds. The summed E-state index contributed by atoms with van der Waals surface area (Å²) in [5.74, 6) is 0. The Morgan fingerprint density at radius 1 is 1.18 bits per heavy atom. The lowest BCUT2D eigenvalue weighted by atomic mass is 10.1. The first-order chi connectivity index (χ1) is 7.98. The van der Waals surface area contributed by atoms with Gasteiger partial charge >= 0.3 is 6.18 Å². The summed E-state index contributed by atoms with van der Waals surface area (Å²) in [5, 5.41) is 3.54. The van der Waals surface area contributed by atoms with Gasteiger partial charge in [0, 0.05) is 5.69 Å². The fourth-order valence-corrected chi connectivity index (χ4v) is 1.52. The van der Waals surface area contributed by atoms with Crippen molar-refractivity contribution in [3.63, 3.8) is 0 Å². The first kappa shape index (κ1) is 11.4. The Kier molecular flexibility index (Phi) is 2.74. The molecule has 2 N–H and O–H groups in total. The molecule has 0 spiro atoms. The summed E-state index contributed by atoms with van der Waals surface area (Å²) < 4.78 is 39.6. The number of alkyl halides is 3. The Balaban J connectivity index is 2.45. The molecule has 2 aromatic rings. The average Bonchev–Trinajstić information content (AvgIpc) is 2.72. The van der Waals surface area contributed by atoms with E-state index in [4.69, 9.17) is 5.73 Å². The van der Waals surface area contributed by atoms with Crippen LogP contribution in [0.25, 0.3) is 0 Å². The maximum Gasteiger partial charge on any atom is 0.415 e. The van der Waals surface area contributed by atoms with Gasteiger partial charge in [0.25, 0.3) is 0 Å². The smallest absolute Gasteiger partial charge is 0.399 e. The fourth-order valence-electron chi connectivity index (χ4n) is 1.52. The van der Waals surface area contributed by atoms with Crippen LogP contribution >= 0.6 is 0 Å². The number of hydrogen-bond acceptors (Lipinski definition) is 3. The minimum absolute atomic E-state index is 0.0669. The van der Waals surface area contributed by atoms with E-state index in [2.05, 4.69) is 10.1 Å². The van der Waals surface area contributed by atoms with Crippen LogP contribution in [0, 0.1) is 0 Å². The van der Waals surface area contributed by atoms with Crippen LogP contribution in [-0.2, 0) is 0 Å². The zero-order valence-electron chi connectivity index (χ0n) is 8.59. The molecule has 90 valence electrons. The number of nitrogens with two attached hydrogens (primary N) is 1. The molecule has 0 aliphatic rings. The minimum Gasteiger partial charge on any atom is -0.399 e. The summed E-state index contributed by atoms with van der Waals surface area (Å²) in [7, 11) is 0. The third-order valence-corrected chi connectivity index (χ3v) is 2.26. The Morgan fingerprint density at radius 2 is 1.82 bits per heavy atom. The van der Waals surface area contributed by atoms with E-state index in [9.17, 15) is 13.2 Å². The van der Waals surface area contributed by atoms with Gasteiger partial charge < -0.3 is 5.73 Å². The normalized spacial score (nSPS) is 13.6. The van der Waals surface area contributed by atoms with Gasteiger partial charge in [0.2, 0.25) is 0 Å². The highest BCUT2D eigenvalue weighted by Crippen LogP contribution is 2.35. The average molecular weight is 242 g/mol. The van der Waals surface area contributed by atoms with E-state index >= 15 is 0 Å². The number of rotatable bonds is 2. The Hall–Kier alpha value is -2.05. The number of benzene rings is 1. The zero-order chi connectivity index (χ0) is 12.5. The first-order valence-electron chi connectivity index (χ1n) is 4.75. The molecule has 0 fully saturated rings. The molecule has 0 aliphatic heterocycles. The third-order valence-electron chi connectivity index (χ3n) is 2.26. The molecule has 1 aromatic carbocycles. The van der Waals surface area contributed by atoms with Crippen molar-refractivity contribution < 1.29 is 13.2 Å². The van der Waals surface area contributed by atoms with Gasteiger partial charge in [-0.1, -0.05) is 12.1 Å². The second-order valence-corrected chi connectivity index (χ2v) is 3.49. The third kappa shape index (κ3) is 2.38. The molecule has 2 rings (SSSR count). The molecule has 0 radical (unpaired) electrons. The number of aromatic nitrogens is 3. The number of hydrogen-bond donors (Lipinski definition) is 1. The van der Waals surface area contributed by atoms with Crippen LogP contribution < -0.4 is 5.73 Å². The fraction of sp³-hybridized carbons (Fsp3) is 0.200. The monoisotopic (exact) mass is 242 g/mol. The Bertz CT molecular complexity index is 475. The van der Waals surface area contributed by atoms with E-state index in [1.807, 2.05) is 0 Å². The van der Waals surface area contributed by atoms with Gasteiger partial charge in [-0.15, -0.1) is 0 Å². The van der Waals surface area contributed by atoms with Crippen molar-refractivity contribution in [1.29, 1.82) is 0 Å². The second-order valence-electron chi connectivity index (χ2n) is 3.49. The van der Waals surface area contributed by atoms with Crippen molar-refractivity contribution in [2.24, 2.45) is 0 Å². The zero-order valence-corrected chi connectivity index (χ0v) is 8.59. The van der Waals surface area contributed by atoms with Crippen molar-refractivity contribution in [1.82, 2.24) is 14.8 Å². The number of halogens is 3. The maximum atomic E-state index is 12.9. The predicted molar refractivity (Wildman–Crippen MR) is 55.1 cm³/mol. The standard InChI is InChI=1S/C10H9F3N4/c11-10(12,13)9(17-6-15-5-16-17)7-1-3-8(14)4-2-7/h1-6,9H,14H2. The SMILES string of the molecule is Nc1ccc(C(n2cncn2)C(F)(F)F)cc1. The summed E-state index contributed by atoms with van der Waals surface area (Å²) >= 11 is 0. The van der Waals surface area contributed by atoms with Crippen molar-refractivity contribution >= 4 is 5.69 Å². The molecule has 1 atom stereocenters. The van der Waals surface area contributed by atoms with Crippen molar-refractivity contribution in [2.45, 2.75) is 12.2 Å². The molecule has 17 heavy (non-hydrogen) atoms. The molecule has 0 aliphatic carbocycles. The van der Waals surface area contributed by atoms with Crippen LogP contribution in [0.15, 0.2) is 36.9 Å². The predicted octanol–water partition coefficient (Wildman–Crippen LogP) is 2.01. The van der Waals surface area contributed by atoms with E-state index in [1.165, 1.54) is 24.3 Å². The van der Waals surface area contributed by atoms with E-state index < -0.39 is 12.2 Å². The van der Waals surface area contributed by atoms with Crippen LogP contribution in [0.1, 0.15) is 11.6 Å². The van der Waals surface area contributed by atoms with Crippen LogP contribution in [-0.4, -0.2) is 20.9 Å². The molecule has 4 nitrogen and oxygen atoms in total. The minimum atomic E-state index is -4.44. The highest BCUT2D eigenvalue weighted by molar-refractivity contribution is 5.40. The number of nitrogen functional groups attached to an aromatic ring is 1. The molecule has 0 saturated carbocycles. The quantitative estimate of drug-likeness (QED) is 0.819. The van der Waals surface area contributed by atoms with Crippen molar-refractivity contribution in [3.05, 3.63) is 42.5 Å². The van der Waals surface area contributed by atoms with Crippen LogP contribution in [0.5, 0.6) is 0 Å². The molecule has 1 heterocycles. The lowest BCUT2D eigenvalue weighted by Crippen LogP contribution is -2.28. The lowest BCUT2D eigenvalue weighted by molar-refractivity contribution is -0.159. The second kappa shape index (κ2) is 4.08. The Morgan fingerprint density at radius 3 is 2.29 bits per heavy atom. The largest absolute Gasteiger partial charge is 0.415 e. The summed E-state index contributed by atoms with van der Waals surface area (Å²) in [5.41, 5.74) is 5.92. The summed E-state index contributed by atoms with van der Waals surface area (Å²) in [6, 6.07) is 3.66. The Labute approximate surface area is 94.9 Å². The van der Waals surface area contributed by atoms with Crippen LogP contribution in [0.3, 0.4) is 0 Å². The van der Waals surface area contributed by atoms with Gasteiger partial charge in [0.05, 0.1) is 0 Å². The highest BCUT2D eigenvalue weighted by Gasteiger charge is 2.42. The molecule has 1 unspecified atom stereocenters. The highest BCUT2D eigenvalue weighted by atomic mass is 19.4. The van der Waals surface area contributed by atoms with Gasteiger partial charge in [-0.25, -0.2) is 9.67 Å². The number of anilines is 1.